The van der Waals surface area contributed by atoms with E-state index in [1.807, 2.05) is 20.8 Å². The van der Waals surface area contributed by atoms with Gasteiger partial charge in [-0.1, -0.05) is 46.5 Å². The van der Waals surface area contributed by atoms with Crippen LogP contribution in [-0.4, -0.2) is 22.5 Å². The first kappa shape index (κ1) is 15.0. The molecule has 1 saturated carbocycles. The number of hydrogen-bond acceptors (Lipinski definition) is 2. The van der Waals surface area contributed by atoms with Gasteiger partial charge in [-0.15, -0.1) is 0 Å². The van der Waals surface area contributed by atoms with Crippen molar-refractivity contribution in [3.05, 3.63) is 0 Å². The second-order valence-corrected chi connectivity index (χ2v) is 5.82. The molecule has 1 fully saturated rings. The van der Waals surface area contributed by atoms with Crippen LogP contribution >= 0.6 is 0 Å². The molecule has 0 aromatic rings. The fourth-order valence-corrected chi connectivity index (χ4v) is 2.38. The third-order valence-electron chi connectivity index (χ3n) is 4.14. The molecule has 0 spiro atoms. The molecule has 0 aromatic carbocycles. The summed E-state index contributed by atoms with van der Waals surface area (Å²) in [5.74, 6) is -0.936. The molecular formula is C14H25NO3. The number of hydrogen-bond donors (Lipinski definition) is 2. The normalized spacial score (nSPS) is 21.1. The lowest BCUT2D eigenvalue weighted by Gasteiger charge is -2.31. The maximum atomic E-state index is 12.1. The van der Waals surface area contributed by atoms with Crippen LogP contribution < -0.4 is 5.32 Å². The summed E-state index contributed by atoms with van der Waals surface area (Å²) in [7, 11) is 0. The maximum absolute atomic E-state index is 12.1. The number of rotatable bonds is 4. The van der Waals surface area contributed by atoms with Crippen molar-refractivity contribution < 1.29 is 14.7 Å². The van der Waals surface area contributed by atoms with E-state index in [4.69, 9.17) is 0 Å². The van der Waals surface area contributed by atoms with E-state index in [-0.39, 0.29) is 17.7 Å². The highest BCUT2D eigenvalue weighted by Gasteiger charge is 2.40. The van der Waals surface area contributed by atoms with Gasteiger partial charge in [-0.25, -0.2) is 4.79 Å². The molecule has 0 radical (unpaired) electrons. The van der Waals surface area contributed by atoms with Gasteiger partial charge in [-0.05, 0) is 18.8 Å². The first-order valence-corrected chi connectivity index (χ1v) is 6.94. The molecule has 18 heavy (non-hydrogen) atoms. The van der Waals surface area contributed by atoms with Crippen LogP contribution in [0.5, 0.6) is 0 Å². The van der Waals surface area contributed by atoms with Crippen LogP contribution in [0.1, 0.15) is 59.3 Å². The lowest BCUT2D eigenvalue weighted by Crippen LogP contribution is -2.55. The number of aliphatic carboxylic acids is 1. The minimum absolute atomic E-state index is 0.130. The fraction of sp³-hybridized carbons (Fsp3) is 0.857. The van der Waals surface area contributed by atoms with Crippen LogP contribution in [0.3, 0.4) is 0 Å². The quantitative estimate of drug-likeness (QED) is 0.759. The molecule has 1 atom stereocenters. The molecule has 2 N–H and O–H groups in total. The topological polar surface area (TPSA) is 66.4 Å². The molecule has 4 nitrogen and oxygen atoms in total. The van der Waals surface area contributed by atoms with Gasteiger partial charge in [0.2, 0.25) is 5.91 Å². The smallest absolute Gasteiger partial charge is 0.329 e. The molecule has 0 heterocycles. The van der Waals surface area contributed by atoms with Crippen molar-refractivity contribution in [1.29, 1.82) is 0 Å². The number of amides is 1. The van der Waals surface area contributed by atoms with Crippen LogP contribution in [0.2, 0.25) is 0 Å². The largest absolute Gasteiger partial charge is 0.480 e. The van der Waals surface area contributed by atoms with Crippen molar-refractivity contribution in [2.45, 2.75) is 64.8 Å². The molecule has 1 aliphatic rings. The predicted molar refractivity (Wildman–Crippen MR) is 70.2 cm³/mol. The Morgan fingerprint density at radius 2 is 1.56 bits per heavy atom. The van der Waals surface area contributed by atoms with Crippen molar-refractivity contribution in [2.75, 3.05) is 0 Å². The van der Waals surface area contributed by atoms with Gasteiger partial charge in [0.05, 0.1) is 0 Å². The van der Waals surface area contributed by atoms with Gasteiger partial charge in [0.15, 0.2) is 0 Å². The first-order valence-electron chi connectivity index (χ1n) is 6.94. The summed E-state index contributed by atoms with van der Waals surface area (Å²) in [4.78, 5) is 23.6. The Bertz CT molecular complexity index is 304. The third-order valence-corrected chi connectivity index (χ3v) is 4.14. The van der Waals surface area contributed by atoms with E-state index >= 15 is 0 Å². The number of carboxylic acid groups (broad SMARTS) is 1. The molecule has 0 aromatic heterocycles. The molecular weight excluding hydrogens is 230 g/mol. The average Bonchev–Trinajstić information content (AvgIpc) is 2.54. The van der Waals surface area contributed by atoms with E-state index in [1.165, 1.54) is 0 Å². The van der Waals surface area contributed by atoms with Crippen molar-refractivity contribution in [1.82, 2.24) is 5.32 Å². The van der Waals surface area contributed by atoms with E-state index in [9.17, 15) is 14.7 Å². The zero-order chi connectivity index (χ0) is 13.8. The Hall–Kier alpha value is -1.06. The van der Waals surface area contributed by atoms with E-state index in [0.717, 1.165) is 25.7 Å². The highest BCUT2D eigenvalue weighted by atomic mass is 16.4. The fourth-order valence-electron chi connectivity index (χ4n) is 2.38. The molecule has 0 aliphatic heterocycles. The summed E-state index contributed by atoms with van der Waals surface area (Å²) in [6.45, 7) is 5.81. The summed E-state index contributed by atoms with van der Waals surface area (Å²) < 4.78 is 0. The molecule has 4 heteroatoms. The van der Waals surface area contributed by atoms with Gasteiger partial charge in [0.1, 0.15) is 5.54 Å². The lowest BCUT2D eigenvalue weighted by molar-refractivity contribution is -0.149. The Morgan fingerprint density at radius 1 is 1.06 bits per heavy atom. The second kappa shape index (κ2) is 6.21. The Balaban J connectivity index is 2.79. The lowest BCUT2D eigenvalue weighted by atomic mass is 9.88. The van der Waals surface area contributed by atoms with Gasteiger partial charge in [-0.2, -0.15) is 0 Å². The number of nitrogens with one attached hydrogen (secondary N) is 1. The van der Waals surface area contributed by atoms with E-state index in [0.29, 0.717) is 12.8 Å². The maximum Gasteiger partial charge on any atom is 0.329 e. The molecule has 104 valence electrons. The highest BCUT2D eigenvalue weighted by molar-refractivity contribution is 5.88. The van der Waals surface area contributed by atoms with Crippen molar-refractivity contribution in [2.24, 2.45) is 11.8 Å². The number of carbonyl (C=O) groups is 2. The second-order valence-electron chi connectivity index (χ2n) is 5.82. The minimum Gasteiger partial charge on any atom is -0.480 e. The summed E-state index contributed by atoms with van der Waals surface area (Å²) in [6, 6.07) is 0. The van der Waals surface area contributed by atoms with Crippen LogP contribution in [0.15, 0.2) is 0 Å². The van der Waals surface area contributed by atoms with E-state index < -0.39 is 11.5 Å². The summed E-state index contributed by atoms with van der Waals surface area (Å²) >= 11 is 0. The van der Waals surface area contributed by atoms with Crippen LogP contribution in [0, 0.1) is 11.8 Å². The minimum atomic E-state index is -1.03. The standard InChI is InChI=1S/C14H25NO3/c1-10(2)11(3)12(16)15-14(13(17)18)8-6-4-5-7-9-14/h10-11H,4-9H2,1-3H3,(H,15,16)(H,17,18). The Kier molecular flexibility index (Phi) is 5.17. The molecule has 1 amide bonds. The van der Waals surface area contributed by atoms with Crippen molar-refractivity contribution in [3.63, 3.8) is 0 Å². The predicted octanol–water partition coefficient (Wildman–Crippen LogP) is 2.57. The Morgan fingerprint density at radius 3 is 1.94 bits per heavy atom. The SMILES string of the molecule is CC(C)C(C)C(=O)NC1(C(=O)O)CCCCCC1. The summed E-state index contributed by atoms with van der Waals surface area (Å²) in [6.07, 6.45) is 4.98. The molecule has 1 unspecified atom stereocenters. The monoisotopic (exact) mass is 255 g/mol. The van der Waals surface area contributed by atoms with E-state index in [2.05, 4.69) is 5.32 Å². The van der Waals surface area contributed by atoms with Gasteiger partial charge < -0.3 is 10.4 Å². The average molecular weight is 255 g/mol. The van der Waals surface area contributed by atoms with Crippen LogP contribution in [0.4, 0.5) is 0 Å². The molecule has 1 aliphatic carbocycles. The summed E-state index contributed by atoms with van der Waals surface area (Å²) in [5, 5.41) is 12.3. The molecule has 0 bridgehead atoms. The van der Waals surface area contributed by atoms with Crippen molar-refractivity contribution in [3.8, 4) is 0 Å². The highest BCUT2D eigenvalue weighted by Crippen LogP contribution is 2.28. The number of carbonyl (C=O) groups excluding carboxylic acids is 1. The zero-order valence-electron chi connectivity index (χ0n) is 11.7. The first-order chi connectivity index (χ1) is 8.39. The third kappa shape index (κ3) is 3.47. The summed E-state index contributed by atoms with van der Waals surface area (Å²) in [5.41, 5.74) is -1.03. The van der Waals surface area contributed by atoms with Gasteiger partial charge in [-0.3, -0.25) is 4.79 Å². The zero-order valence-corrected chi connectivity index (χ0v) is 11.7. The Labute approximate surface area is 109 Å². The molecule has 0 saturated heterocycles. The number of carboxylic acids is 1. The van der Waals surface area contributed by atoms with E-state index in [1.54, 1.807) is 0 Å². The van der Waals surface area contributed by atoms with Crippen LogP contribution in [0.25, 0.3) is 0 Å². The van der Waals surface area contributed by atoms with Gasteiger partial charge >= 0.3 is 5.97 Å². The van der Waals surface area contributed by atoms with Crippen molar-refractivity contribution >= 4 is 11.9 Å². The van der Waals surface area contributed by atoms with Gasteiger partial charge in [0.25, 0.3) is 0 Å². The molecule has 1 rings (SSSR count). The van der Waals surface area contributed by atoms with Gasteiger partial charge in [0, 0.05) is 5.92 Å². The van der Waals surface area contributed by atoms with Crippen LogP contribution in [-0.2, 0) is 9.59 Å².